The summed E-state index contributed by atoms with van der Waals surface area (Å²) in [5.74, 6) is -3.58. The van der Waals surface area contributed by atoms with Gasteiger partial charge >= 0.3 is 12.4 Å². The van der Waals surface area contributed by atoms with Gasteiger partial charge in [0.25, 0.3) is 0 Å². The highest BCUT2D eigenvalue weighted by Gasteiger charge is 2.50. The predicted molar refractivity (Wildman–Crippen MR) is 61.7 cm³/mol. The molecule has 0 spiro atoms. The van der Waals surface area contributed by atoms with Crippen molar-refractivity contribution in [3.8, 4) is 0 Å². The first kappa shape index (κ1) is 15.4. The van der Waals surface area contributed by atoms with Gasteiger partial charge in [0.2, 0.25) is 0 Å². The fraction of sp³-hybridized carbons (Fsp3) is 0.308. The summed E-state index contributed by atoms with van der Waals surface area (Å²) in [5.41, 5.74) is 3.29. The molecule has 0 aromatic heterocycles. The number of hydrogen-bond acceptors (Lipinski definition) is 2. The van der Waals surface area contributed by atoms with Gasteiger partial charge in [-0.15, -0.1) is 0 Å². The minimum atomic E-state index is -4.77. The number of carbonyl (C=O) groups is 1. The number of halogens is 6. The molecule has 1 aromatic carbocycles. The van der Waals surface area contributed by atoms with Gasteiger partial charge in [-0.2, -0.15) is 26.3 Å². The number of hydrogen-bond donors (Lipinski definition) is 1. The fourth-order valence-electron chi connectivity index (χ4n) is 2.19. The molecule has 0 radical (unpaired) electrons. The summed E-state index contributed by atoms with van der Waals surface area (Å²) >= 11 is 0. The SMILES string of the molecule is NC1=C(c2cccc(C(F)(F)F)c2)C(=O)C(C(F)(F)F)C1. The molecular weight excluding hydrogens is 300 g/mol. The van der Waals surface area contributed by atoms with Crippen molar-refractivity contribution < 1.29 is 31.1 Å². The minimum Gasteiger partial charge on any atom is -0.401 e. The second kappa shape index (κ2) is 4.78. The van der Waals surface area contributed by atoms with Crippen LogP contribution in [0.1, 0.15) is 17.5 Å². The predicted octanol–water partition coefficient (Wildman–Crippen LogP) is 3.53. The van der Waals surface area contributed by atoms with Crippen LogP contribution in [0.25, 0.3) is 5.57 Å². The molecule has 1 aromatic rings. The third-order valence-corrected chi connectivity index (χ3v) is 3.18. The highest BCUT2D eigenvalue weighted by molar-refractivity contribution is 6.25. The molecule has 2 N–H and O–H groups in total. The molecule has 1 aliphatic carbocycles. The van der Waals surface area contributed by atoms with Crippen LogP contribution >= 0.6 is 0 Å². The van der Waals surface area contributed by atoms with Gasteiger partial charge in [-0.3, -0.25) is 4.79 Å². The van der Waals surface area contributed by atoms with E-state index in [1.807, 2.05) is 0 Å². The first-order valence-electron chi connectivity index (χ1n) is 5.79. The molecule has 114 valence electrons. The molecule has 1 atom stereocenters. The van der Waals surface area contributed by atoms with Crippen molar-refractivity contribution in [3.05, 3.63) is 41.1 Å². The zero-order chi connectivity index (χ0) is 16.0. The lowest BCUT2D eigenvalue weighted by atomic mass is 9.97. The Labute approximate surface area is 115 Å². The van der Waals surface area contributed by atoms with Gasteiger partial charge in [-0.05, 0) is 17.7 Å². The van der Waals surface area contributed by atoms with Gasteiger partial charge in [-0.1, -0.05) is 12.1 Å². The number of ketones is 1. The van der Waals surface area contributed by atoms with E-state index in [4.69, 9.17) is 5.73 Å². The highest BCUT2D eigenvalue weighted by atomic mass is 19.4. The Hall–Kier alpha value is -1.99. The Morgan fingerprint density at radius 2 is 1.71 bits per heavy atom. The topological polar surface area (TPSA) is 43.1 Å². The van der Waals surface area contributed by atoms with E-state index in [0.29, 0.717) is 6.07 Å². The Kier molecular flexibility index (Phi) is 3.51. The van der Waals surface area contributed by atoms with Crippen molar-refractivity contribution >= 4 is 11.4 Å². The van der Waals surface area contributed by atoms with Gasteiger partial charge < -0.3 is 5.73 Å². The molecule has 2 nitrogen and oxygen atoms in total. The molecule has 1 aliphatic rings. The Balaban J connectivity index is 2.44. The molecule has 1 unspecified atom stereocenters. The lowest BCUT2D eigenvalue weighted by molar-refractivity contribution is -0.176. The number of nitrogens with two attached hydrogens (primary N) is 1. The van der Waals surface area contributed by atoms with E-state index in [2.05, 4.69) is 0 Å². The van der Waals surface area contributed by atoms with Crippen molar-refractivity contribution in [3.63, 3.8) is 0 Å². The van der Waals surface area contributed by atoms with Crippen molar-refractivity contribution in [1.82, 2.24) is 0 Å². The van der Waals surface area contributed by atoms with E-state index in [1.165, 1.54) is 0 Å². The molecule has 0 bridgehead atoms. The van der Waals surface area contributed by atoms with Crippen molar-refractivity contribution in [2.75, 3.05) is 0 Å². The van der Waals surface area contributed by atoms with E-state index in [1.54, 1.807) is 0 Å². The van der Waals surface area contributed by atoms with E-state index in [9.17, 15) is 31.1 Å². The van der Waals surface area contributed by atoms with Gasteiger partial charge in [0, 0.05) is 17.7 Å². The normalized spacial score (nSPS) is 20.3. The molecule has 0 heterocycles. The quantitative estimate of drug-likeness (QED) is 0.807. The van der Waals surface area contributed by atoms with Crippen LogP contribution in [0.4, 0.5) is 26.3 Å². The molecule has 0 amide bonds. The minimum absolute atomic E-state index is 0.251. The Bertz CT molecular complexity index is 614. The standard InChI is InChI=1S/C13H9F6NO/c14-12(15,16)7-3-1-2-6(4-7)10-9(20)5-8(11(10)21)13(17,18)19/h1-4,8H,5,20H2. The number of Topliss-reactive ketones (excluding diaryl/α,β-unsaturated/α-hetero) is 1. The molecule has 21 heavy (non-hydrogen) atoms. The summed E-state index contributed by atoms with van der Waals surface area (Å²) in [6.45, 7) is 0. The van der Waals surface area contributed by atoms with Gasteiger partial charge in [-0.25, -0.2) is 0 Å². The van der Waals surface area contributed by atoms with Crippen LogP contribution in [-0.4, -0.2) is 12.0 Å². The molecule has 0 aliphatic heterocycles. The number of alkyl halides is 6. The number of rotatable bonds is 1. The fourth-order valence-corrected chi connectivity index (χ4v) is 2.19. The molecule has 0 fully saturated rings. The van der Waals surface area contributed by atoms with E-state index < -0.39 is 41.6 Å². The summed E-state index contributed by atoms with van der Waals surface area (Å²) in [5, 5.41) is 0. The van der Waals surface area contributed by atoms with Crippen molar-refractivity contribution in [1.29, 1.82) is 0 Å². The van der Waals surface area contributed by atoms with Crippen LogP contribution in [0, 0.1) is 5.92 Å². The van der Waals surface area contributed by atoms with Gasteiger partial charge in [0.1, 0.15) is 5.92 Å². The average Bonchev–Trinajstić information content (AvgIpc) is 2.64. The van der Waals surface area contributed by atoms with Crippen LogP contribution in [-0.2, 0) is 11.0 Å². The van der Waals surface area contributed by atoms with Gasteiger partial charge in [0.05, 0.1) is 5.56 Å². The summed E-state index contributed by atoms with van der Waals surface area (Å²) < 4.78 is 75.8. The van der Waals surface area contributed by atoms with Crippen molar-refractivity contribution in [2.24, 2.45) is 11.7 Å². The number of allylic oxidation sites excluding steroid dienone is 2. The summed E-state index contributed by atoms with van der Waals surface area (Å²) in [4.78, 5) is 11.8. The Morgan fingerprint density at radius 1 is 1.10 bits per heavy atom. The first-order valence-corrected chi connectivity index (χ1v) is 5.79. The second-order valence-electron chi connectivity index (χ2n) is 4.64. The molecule has 0 saturated heterocycles. The third kappa shape index (κ3) is 2.88. The second-order valence-corrected chi connectivity index (χ2v) is 4.64. The van der Waals surface area contributed by atoms with Crippen LogP contribution in [0.5, 0.6) is 0 Å². The summed E-state index contributed by atoms with van der Waals surface area (Å²) in [6.07, 6.45) is -10.2. The number of benzene rings is 1. The largest absolute Gasteiger partial charge is 0.416 e. The zero-order valence-corrected chi connectivity index (χ0v) is 10.3. The van der Waals surface area contributed by atoms with Crippen LogP contribution < -0.4 is 5.73 Å². The Morgan fingerprint density at radius 3 is 2.19 bits per heavy atom. The van der Waals surface area contributed by atoms with E-state index in [-0.39, 0.29) is 11.3 Å². The lowest BCUT2D eigenvalue weighted by Gasteiger charge is -2.13. The maximum absolute atomic E-state index is 12.7. The van der Waals surface area contributed by atoms with Crippen LogP contribution in [0.15, 0.2) is 30.0 Å². The number of carbonyl (C=O) groups excluding carboxylic acids is 1. The molecule has 0 saturated carbocycles. The zero-order valence-electron chi connectivity index (χ0n) is 10.3. The van der Waals surface area contributed by atoms with E-state index >= 15 is 0 Å². The highest BCUT2D eigenvalue weighted by Crippen LogP contribution is 2.42. The smallest absolute Gasteiger partial charge is 0.401 e. The average molecular weight is 309 g/mol. The summed E-state index contributed by atoms with van der Waals surface area (Å²) in [7, 11) is 0. The third-order valence-electron chi connectivity index (χ3n) is 3.18. The van der Waals surface area contributed by atoms with E-state index in [0.717, 1.165) is 18.2 Å². The van der Waals surface area contributed by atoms with Gasteiger partial charge in [0.15, 0.2) is 5.78 Å². The van der Waals surface area contributed by atoms with Crippen LogP contribution in [0.3, 0.4) is 0 Å². The maximum atomic E-state index is 12.7. The monoisotopic (exact) mass is 309 g/mol. The molecule has 2 rings (SSSR count). The first-order chi connectivity index (χ1) is 9.51. The van der Waals surface area contributed by atoms with Crippen LogP contribution in [0.2, 0.25) is 0 Å². The molecular formula is C13H9F6NO. The maximum Gasteiger partial charge on any atom is 0.416 e. The lowest BCUT2D eigenvalue weighted by Crippen LogP contribution is -2.27. The summed E-state index contributed by atoms with van der Waals surface area (Å²) in [6, 6.07) is 3.54. The van der Waals surface area contributed by atoms with Crippen molar-refractivity contribution in [2.45, 2.75) is 18.8 Å². The molecule has 8 heteroatoms.